The second-order valence-corrected chi connectivity index (χ2v) is 23.4. The van der Waals surface area contributed by atoms with Gasteiger partial charge >= 0.3 is 26.3 Å². The Labute approximate surface area is 520 Å². The van der Waals surface area contributed by atoms with Gasteiger partial charge in [-0.2, -0.15) is 34.3 Å². The minimum Gasteiger partial charge on any atom is -0.361 e. The fraction of sp³-hybridized carbons (Fsp3) is 0.0952. The minimum absolute atomic E-state index is 0.148. The van der Waals surface area contributed by atoms with Crippen molar-refractivity contribution < 1.29 is 47.2 Å². The number of amides is 9. The topological polar surface area (TPSA) is 315 Å². The van der Waals surface area contributed by atoms with Gasteiger partial charge < -0.3 is 30.9 Å². The summed E-state index contributed by atoms with van der Waals surface area (Å²) in [5.74, 6) is -2.50. The van der Waals surface area contributed by atoms with E-state index in [-0.39, 0.29) is 50.5 Å². The molecule has 0 spiro atoms. The van der Waals surface area contributed by atoms with E-state index >= 15 is 0 Å². The van der Waals surface area contributed by atoms with Crippen LogP contribution in [-0.4, -0.2) is 90.2 Å². The average molecular weight is 1270 g/mol. The number of nitriles is 3. The molecule has 9 amide bonds. The molecule has 3 aromatic heterocycles. The Morgan fingerprint density at radius 3 is 0.966 bits per heavy atom. The summed E-state index contributed by atoms with van der Waals surface area (Å²) < 4.78 is 19.2. The van der Waals surface area contributed by atoms with Crippen LogP contribution >= 0.6 is 43.0 Å². The molecule has 89 heavy (non-hydrogen) atoms. The molecule has 3 aliphatic rings. The number of fused-ring (bicyclic) bond motifs is 3. The summed E-state index contributed by atoms with van der Waals surface area (Å²) in [4.78, 5) is 112. The van der Waals surface area contributed by atoms with Crippen molar-refractivity contribution in [2.75, 3.05) is 19.8 Å². The van der Waals surface area contributed by atoms with Gasteiger partial charge in [-0.05, 0) is 108 Å². The van der Waals surface area contributed by atoms with Crippen LogP contribution in [0.15, 0.2) is 163 Å². The summed E-state index contributed by atoms with van der Waals surface area (Å²) in [6.07, 6.45) is 9.27. The highest BCUT2D eigenvalue weighted by molar-refractivity contribution is 7.55. The number of nitrogens with zero attached hydrogens (tertiary/aromatic N) is 6. The maximum atomic E-state index is 14.7. The SMILES string of the molecule is N#Cc1ccc([C@@H](CO[P+](O)(OC[C@H](c2ccc(C#N)cc2)N2C(=O)N/C(=C\c3c[nH]c4cc(Cl)ccc34)C2=O)OC[C@H](c2ccc(C#N)cc2)N2C(=O)N/C(=C\c3c[nH]c4cc(Cl)ccc34)C2=O)N2C(=O)N/C(=C\c3c[nH]c4cc(Cl)ccc34)C2=O)cc1. The summed E-state index contributed by atoms with van der Waals surface area (Å²) in [5, 5.41) is 40.6. The highest BCUT2D eigenvalue weighted by atomic mass is 35.5. The van der Waals surface area contributed by atoms with Crippen LogP contribution in [0.2, 0.25) is 15.1 Å². The van der Waals surface area contributed by atoms with E-state index in [0.29, 0.717) is 64.5 Å². The number of nitrogens with one attached hydrogen (secondary N) is 6. The Morgan fingerprint density at radius 1 is 0.438 bits per heavy atom. The van der Waals surface area contributed by atoms with Crippen LogP contribution in [0.25, 0.3) is 50.9 Å². The first-order valence-corrected chi connectivity index (χ1v) is 29.6. The van der Waals surface area contributed by atoms with E-state index in [1.807, 2.05) is 18.2 Å². The molecule has 3 atom stereocenters. The quantitative estimate of drug-likeness (QED) is 0.0239. The molecule has 9 aromatic rings. The molecule has 0 radical (unpaired) electrons. The number of carbonyl (C=O) groups is 6. The lowest BCUT2D eigenvalue weighted by atomic mass is 10.0. The first-order valence-electron chi connectivity index (χ1n) is 26.9. The monoisotopic (exact) mass is 1260 g/mol. The van der Waals surface area contributed by atoms with Gasteiger partial charge in [-0.15, -0.1) is 0 Å². The smallest absolute Gasteiger partial charge is 0.361 e. The molecule has 3 fully saturated rings. The van der Waals surface area contributed by atoms with Gasteiger partial charge in [-0.1, -0.05) is 89.4 Å². The molecule has 0 aliphatic carbocycles. The second-order valence-electron chi connectivity index (χ2n) is 20.4. The molecule has 6 heterocycles. The van der Waals surface area contributed by atoms with Crippen molar-refractivity contribution >= 4 is 130 Å². The van der Waals surface area contributed by atoms with Gasteiger partial charge in [0.05, 0.1) is 53.0 Å². The zero-order valence-corrected chi connectivity index (χ0v) is 49.0. The number of halogens is 3. The highest BCUT2D eigenvalue weighted by Gasteiger charge is 2.52. The molecule has 12 rings (SSSR count). The summed E-state index contributed by atoms with van der Waals surface area (Å²) in [5.41, 5.74) is 4.42. The molecule has 6 aromatic carbocycles. The number of imide groups is 3. The Kier molecular flexibility index (Phi) is 16.2. The standard InChI is InChI=1S/C63H42Cl3N12O10P/c64-43-13-16-46-40(28-70-49(46)22-43)19-52-58(79)76(61(82)73-52)55(37-7-1-34(25-67)2-8-37)31-86-89(85,87-32-56(38-9-3-35(26-68)4-10-38)77-59(80)53(74-62(77)83)20-41-29-71-50-23-44(65)14-17-47(41)50)88-33-57(39-11-5-36(27-69)6-12-39)78-60(81)54(75-63(78)84)21-42-30-72-51-24-45(66)15-18-48(42)51/h1-24,28-30,55-57,85H,31-33H2,(H5-,70,71,72,73,74,75,79,80,81,82,83,84)/p+1/t55-,56-,57-/m1/s1. The van der Waals surface area contributed by atoms with Crippen molar-refractivity contribution in [3.8, 4) is 18.2 Å². The Balaban J connectivity index is 0.919. The number of H-pyrrole nitrogens is 3. The minimum atomic E-state index is -5.11. The van der Waals surface area contributed by atoms with E-state index in [4.69, 9.17) is 48.4 Å². The van der Waals surface area contributed by atoms with Crippen LogP contribution in [0, 0.1) is 34.0 Å². The number of hydrogen-bond acceptors (Lipinski definition) is 13. The zero-order valence-electron chi connectivity index (χ0n) is 45.8. The third-order valence-electron chi connectivity index (χ3n) is 15.1. The normalized spacial score (nSPS) is 16.8. The molecule has 0 bridgehead atoms. The first-order chi connectivity index (χ1) is 43.0. The van der Waals surface area contributed by atoms with Gasteiger partial charge in [0.2, 0.25) is 0 Å². The number of urea groups is 3. The van der Waals surface area contributed by atoms with E-state index in [1.165, 1.54) is 91.0 Å². The molecule has 3 saturated heterocycles. The van der Waals surface area contributed by atoms with Crippen molar-refractivity contribution in [1.29, 1.82) is 15.8 Å². The van der Waals surface area contributed by atoms with Gasteiger partial charge in [-0.3, -0.25) is 14.4 Å². The summed E-state index contributed by atoms with van der Waals surface area (Å²) >= 11 is 18.7. The molecular weight excluding hydrogens is 1220 g/mol. The number of rotatable bonds is 18. The van der Waals surface area contributed by atoms with E-state index in [9.17, 15) is 49.4 Å². The fourth-order valence-corrected chi connectivity index (χ4v) is 12.3. The summed E-state index contributed by atoms with van der Waals surface area (Å²) in [6, 6.07) is 31.8. The van der Waals surface area contributed by atoms with Gasteiger partial charge in [0, 0.05) is 83.1 Å². The van der Waals surface area contributed by atoms with E-state index in [1.54, 1.807) is 73.2 Å². The number of aromatic amines is 3. The van der Waals surface area contributed by atoms with Crippen molar-refractivity contribution in [2.45, 2.75) is 18.1 Å². The van der Waals surface area contributed by atoms with E-state index < -0.39 is 81.9 Å². The van der Waals surface area contributed by atoms with Gasteiger partial charge in [0.1, 0.15) is 36.9 Å². The van der Waals surface area contributed by atoms with Crippen molar-refractivity contribution in [3.05, 3.63) is 228 Å². The molecule has 7 N–H and O–H groups in total. The van der Waals surface area contributed by atoms with Crippen LogP contribution in [0.3, 0.4) is 0 Å². The van der Waals surface area contributed by atoms with Crippen LogP contribution in [-0.2, 0) is 28.0 Å². The largest absolute Gasteiger partial charge is 0.572 e. The Morgan fingerprint density at radius 2 is 0.708 bits per heavy atom. The Bertz CT molecular complexity index is 4190. The molecule has 440 valence electrons. The number of benzene rings is 6. The van der Waals surface area contributed by atoms with E-state index in [2.05, 4.69) is 30.9 Å². The number of hydrogen-bond donors (Lipinski definition) is 7. The molecule has 0 saturated carbocycles. The highest BCUT2D eigenvalue weighted by Crippen LogP contribution is 2.60. The van der Waals surface area contributed by atoms with Gasteiger partial charge in [0.25, 0.3) is 17.7 Å². The Hall–Kier alpha value is -10.4. The molecule has 22 nitrogen and oxygen atoms in total. The summed E-state index contributed by atoms with van der Waals surface area (Å²) in [6.45, 7) is -2.43. The van der Waals surface area contributed by atoms with Crippen molar-refractivity contribution in [2.24, 2.45) is 0 Å². The molecule has 26 heteroatoms. The maximum absolute atomic E-state index is 14.7. The lowest BCUT2D eigenvalue weighted by molar-refractivity contribution is -0.125. The van der Waals surface area contributed by atoms with E-state index in [0.717, 1.165) is 14.7 Å². The predicted octanol–water partition coefficient (Wildman–Crippen LogP) is 11.7. The predicted molar refractivity (Wildman–Crippen MR) is 329 cm³/mol. The average Bonchev–Trinajstić information content (AvgIpc) is 1.82. The number of carbonyl (C=O) groups excluding carboxylic acids is 6. The number of aromatic nitrogens is 3. The zero-order chi connectivity index (χ0) is 62.3. The van der Waals surface area contributed by atoms with Crippen molar-refractivity contribution in [1.82, 2.24) is 45.6 Å². The van der Waals surface area contributed by atoms with Crippen molar-refractivity contribution in [3.63, 3.8) is 0 Å². The van der Waals surface area contributed by atoms with Gasteiger partial charge in [-0.25, -0.2) is 29.1 Å². The second kappa shape index (κ2) is 24.4. The molecule has 0 unspecified atom stereocenters. The lowest BCUT2D eigenvalue weighted by Gasteiger charge is -2.29. The fourth-order valence-electron chi connectivity index (χ4n) is 10.6. The van der Waals surface area contributed by atoms with Crippen LogP contribution in [0.5, 0.6) is 0 Å². The van der Waals surface area contributed by atoms with Gasteiger partial charge in [0.15, 0.2) is 0 Å². The third kappa shape index (κ3) is 11.8. The third-order valence-corrected chi connectivity index (χ3v) is 17.2. The lowest BCUT2D eigenvalue weighted by Crippen LogP contribution is -2.39. The molecular formula is C63H43Cl3N12O10P+. The first kappa shape index (κ1) is 58.9. The van der Waals surface area contributed by atoms with Crippen LogP contribution in [0.1, 0.15) is 68.2 Å². The summed E-state index contributed by atoms with van der Waals surface area (Å²) in [7, 11) is -5.11. The van der Waals surface area contributed by atoms with Crippen LogP contribution < -0.4 is 16.0 Å². The maximum Gasteiger partial charge on any atom is 0.572 e. The van der Waals surface area contributed by atoms with Crippen LogP contribution in [0.4, 0.5) is 14.4 Å². The molecule has 3 aliphatic heterocycles.